The molecule has 0 unspecified atom stereocenters. The van der Waals surface area contributed by atoms with Gasteiger partial charge in [0.1, 0.15) is 17.0 Å². The summed E-state index contributed by atoms with van der Waals surface area (Å²) in [6.07, 6.45) is 0. The van der Waals surface area contributed by atoms with E-state index in [1.165, 1.54) is 59.3 Å². The summed E-state index contributed by atoms with van der Waals surface area (Å²) in [6.45, 7) is 6.72. The number of hydrogen-bond donors (Lipinski definition) is 0. The zero-order chi connectivity index (χ0) is 40.5. The van der Waals surface area contributed by atoms with Crippen molar-refractivity contribution in [2.45, 2.75) is 26.2 Å². The molecular weight excluding hydrogens is 754 g/mol. The Hall–Kier alpha value is -7.01. The maximum atomic E-state index is 14.2. The lowest BCUT2D eigenvalue weighted by Crippen LogP contribution is -2.13. The third-order valence-electron chi connectivity index (χ3n) is 11.9. The molecule has 2 nitrogen and oxygen atoms in total. The fourth-order valence-corrected chi connectivity index (χ4v) is 10.0. The molecule has 60 heavy (non-hydrogen) atoms. The Morgan fingerprint density at radius 1 is 0.450 bits per heavy atom. The number of hydrogen-bond acceptors (Lipinski definition) is 3. The Morgan fingerprint density at radius 3 is 1.87 bits per heavy atom. The van der Waals surface area contributed by atoms with Crippen LogP contribution in [0.1, 0.15) is 26.3 Å². The molecule has 288 valence electrons. The Bertz CT molecular complexity index is 3410. The average molecular weight is 794 g/mol. The van der Waals surface area contributed by atoms with E-state index in [1.807, 2.05) is 17.4 Å². The van der Waals surface area contributed by atoms with Crippen molar-refractivity contribution in [2.24, 2.45) is 0 Å². The van der Waals surface area contributed by atoms with E-state index in [0.717, 1.165) is 55.7 Å². The van der Waals surface area contributed by atoms with Crippen LogP contribution in [0.2, 0.25) is 0 Å². The number of halogens is 1. The van der Waals surface area contributed by atoms with Gasteiger partial charge in [0.2, 0.25) is 0 Å². The minimum atomic E-state index is -0.245. The van der Waals surface area contributed by atoms with E-state index in [2.05, 4.69) is 189 Å². The first kappa shape index (κ1) is 36.1. The molecule has 2 heterocycles. The lowest BCUT2D eigenvalue weighted by Gasteiger charge is -2.27. The Morgan fingerprint density at radius 2 is 1.10 bits per heavy atom. The average Bonchev–Trinajstić information content (AvgIpc) is 3.85. The number of fused-ring (bicyclic) bond motifs is 8. The van der Waals surface area contributed by atoms with Crippen LogP contribution in [0.25, 0.3) is 86.3 Å². The second kappa shape index (κ2) is 14.1. The number of anilines is 3. The van der Waals surface area contributed by atoms with Crippen LogP contribution in [0.15, 0.2) is 192 Å². The summed E-state index contributed by atoms with van der Waals surface area (Å²) in [7, 11) is 0. The number of rotatable bonds is 6. The third-order valence-corrected chi connectivity index (χ3v) is 13.1. The highest BCUT2D eigenvalue weighted by atomic mass is 32.1. The lowest BCUT2D eigenvalue weighted by atomic mass is 9.87. The minimum Gasteiger partial charge on any atom is -0.456 e. The molecule has 0 N–H and O–H groups in total. The molecule has 0 saturated carbocycles. The molecule has 0 bridgehead atoms. The third kappa shape index (κ3) is 6.15. The van der Waals surface area contributed by atoms with Gasteiger partial charge in [-0.05, 0) is 129 Å². The first-order chi connectivity index (χ1) is 29.3. The highest BCUT2D eigenvalue weighted by Crippen LogP contribution is 2.47. The molecule has 9 aromatic carbocycles. The lowest BCUT2D eigenvalue weighted by molar-refractivity contribution is 0.590. The molecule has 0 aliphatic carbocycles. The van der Waals surface area contributed by atoms with Gasteiger partial charge < -0.3 is 9.32 Å². The van der Waals surface area contributed by atoms with E-state index in [0.29, 0.717) is 0 Å². The topological polar surface area (TPSA) is 16.4 Å². The van der Waals surface area contributed by atoms with Crippen LogP contribution in [0, 0.1) is 5.82 Å². The van der Waals surface area contributed by atoms with Crippen molar-refractivity contribution in [3.8, 4) is 33.4 Å². The van der Waals surface area contributed by atoms with E-state index >= 15 is 0 Å². The molecule has 0 atom stereocenters. The van der Waals surface area contributed by atoms with Crippen molar-refractivity contribution in [3.63, 3.8) is 0 Å². The fourth-order valence-electron chi connectivity index (χ4n) is 8.84. The number of furan rings is 1. The summed E-state index contributed by atoms with van der Waals surface area (Å²) in [5.74, 6) is -0.245. The Labute approximate surface area is 352 Å². The molecule has 0 aliphatic heterocycles. The maximum Gasteiger partial charge on any atom is 0.136 e. The van der Waals surface area contributed by atoms with Crippen LogP contribution < -0.4 is 4.90 Å². The quantitative estimate of drug-likeness (QED) is 0.167. The van der Waals surface area contributed by atoms with Crippen LogP contribution in [-0.4, -0.2) is 0 Å². The molecule has 2 aromatic heterocycles. The minimum absolute atomic E-state index is 0.0215. The van der Waals surface area contributed by atoms with Gasteiger partial charge >= 0.3 is 0 Å². The van der Waals surface area contributed by atoms with Gasteiger partial charge in [-0.15, -0.1) is 11.3 Å². The van der Waals surface area contributed by atoms with Crippen molar-refractivity contribution in [1.29, 1.82) is 0 Å². The van der Waals surface area contributed by atoms with Crippen LogP contribution >= 0.6 is 11.3 Å². The molecule has 0 aliphatic rings. The molecule has 0 saturated heterocycles. The van der Waals surface area contributed by atoms with Gasteiger partial charge in [0.15, 0.2) is 0 Å². The fraction of sp³-hybridized carbons (Fsp3) is 0.0714. The summed E-state index contributed by atoms with van der Waals surface area (Å²) >= 11 is 1.87. The second-order valence-electron chi connectivity index (χ2n) is 16.7. The SMILES string of the molecule is CC(C)(C)c1ccc(N(c2ccc(-c3cccc(F)c3)cc2)c2ccc3oc4cccc(-c5cc6c7cc(-c8ccccc8)ccc7sc6c6ccccc56)c4c3c2)cc1. The zero-order valence-electron chi connectivity index (χ0n) is 33.5. The summed E-state index contributed by atoms with van der Waals surface area (Å²) in [6, 6.07) is 65.7. The smallest absolute Gasteiger partial charge is 0.136 e. The normalized spacial score (nSPS) is 12.0. The predicted octanol–water partition coefficient (Wildman–Crippen LogP) is 17.0. The molecule has 0 radical (unpaired) electrons. The molecule has 11 aromatic rings. The number of nitrogens with zero attached hydrogens (tertiary/aromatic N) is 1. The van der Waals surface area contributed by atoms with E-state index in [4.69, 9.17) is 4.42 Å². The van der Waals surface area contributed by atoms with Gasteiger partial charge in [0.05, 0.1) is 0 Å². The number of benzene rings is 9. The van der Waals surface area contributed by atoms with Gasteiger partial charge in [0, 0.05) is 53.4 Å². The summed E-state index contributed by atoms with van der Waals surface area (Å²) in [4.78, 5) is 2.30. The highest BCUT2D eigenvalue weighted by Gasteiger charge is 2.21. The standard InChI is InChI=1S/C56H40FNOS/c1-56(2,3)39-22-26-42(27-23-39)58(41-24-19-36(20-25-41)37-13-9-14-40(57)31-37)43-28-29-51-50(33-43)54-45(17-10-18-52(54)59-51)47-34-49-48-32-38(35-11-5-4-6-12-35)21-30-53(48)60-55(49)46-16-8-7-15-44(46)47/h4-34H,1-3H3. The maximum absolute atomic E-state index is 14.2. The summed E-state index contributed by atoms with van der Waals surface area (Å²) < 4.78 is 23.5. The van der Waals surface area contributed by atoms with Gasteiger partial charge in [-0.25, -0.2) is 4.39 Å². The Kier molecular flexibility index (Phi) is 8.47. The van der Waals surface area contributed by atoms with Crippen molar-refractivity contribution in [3.05, 3.63) is 199 Å². The van der Waals surface area contributed by atoms with Crippen LogP contribution in [-0.2, 0) is 5.41 Å². The van der Waals surface area contributed by atoms with Gasteiger partial charge in [-0.1, -0.05) is 130 Å². The predicted molar refractivity (Wildman–Crippen MR) is 254 cm³/mol. The summed E-state index contributed by atoms with van der Waals surface area (Å²) in [5.41, 5.74) is 12.6. The number of thiophene rings is 1. The highest BCUT2D eigenvalue weighted by molar-refractivity contribution is 7.26. The first-order valence-corrected chi connectivity index (χ1v) is 21.2. The van der Waals surface area contributed by atoms with E-state index in [1.54, 1.807) is 12.1 Å². The van der Waals surface area contributed by atoms with Gasteiger partial charge in [0.25, 0.3) is 0 Å². The van der Waals surface area contributed by atoms with Crippen LogP contribution in [0.3, 0.4) is 0 Å². The molecule has 0 fully saturated rings. The molecule has 0 amide bonds. The zero-order valence-corrected chi connectivity index (χ0v) is 34.4. The molecule has 4 heteroatoms. The van der Waals surface area contributed by atoms with Crippen molar-refractivity contribution in [2.75, 3.05) is 4.90 Å². The van der Waals surface area contributed by atoms with Crippen LogP contribution in [0.4, 0.5) is 21.5 Å². The second-order valence-corrected chi connectivity index (χ2v) is 17.7. The monoisotopic (exact) mass is 793 g/mol. The van der Waals surface area contributed by atoms with Gasteiger partial charge in [-0.3, -0.25) is 0 Å². The molecular formula is C56H40FNOS. The van der Waals surface area contributed by atoms with Crippen molar-refractivity contribution in [1.82, 2.24) is 0 Å². The largest absolute Gasteiger partial charge is 0.456 e. The van der Waals surface area contributed by atoms with E-state index in [-0.39, 0.29) is 11.2 Å². The van der Waals surface area contributed by atoms with Crippen molar-refractivity contribution >= 4 is 81.3 Å². The van der Waals surface area contributed by atoms with E-state index in [9.17, 15) is 4.39 Å². The first-order valence-electron chi connectivity index (χ1n) is 20.4. The van der Waals surface area contributed by atoms with Crippen molar-refractivity contribution < 1.29 is 8.81 Å². The van der Waals surface area contributed by atoms with E-state index < -0.39 is 0 Å². The molecule has 0 spiro atoms. The molecule has 11 rings (SSSR count). The summed E-state index contributed by atoms with van der Waals surface area (Å²) in [5, 5.41) is 7.15. The Balaban J connectivity index is 1.11. The van der Waals surface area contributed by atoms with Crippen LogP contribution in [0.5, 0.6) is 0 Å². The van der Waals surface area contributed by atoms with Gasteiger partial charge in [-0.2, -0.15) is 0 Å².